The number of imidazole rings is 1. The lowest BCUT2D eigenvalue weighted by molar-refractivity contribution is -0.384. The van der Waals surface area contributed by atoms with Crippen molar-refractivity contribution in [2.24, 2.45) is 0 Å². The largest absolute Gasteiger partial charge is 0.422 e. The molecule has 0 N–H and O–H groups in total. The van der Waals surface area contributed by atoms with Gasteiger partial charge in [-0.3, -0.25) is 10.1 Å². The minimum atomic E-state index is -0.670. The lowest BCUT2D eigenvalue weighted by Gasteiger charge is -2.02. The molecule has 0 atom stereocenters. The molecule has 2 heterocycles. The van der Waals surface area contributed by atoms with Crippen LogP contribution in [0.2, 0.25) is 5.02 Å². The van der Waals surface area contributed by atoms with Crippen LogP contribution in [0.15, 0.2) is 42.7 Å². The van der Waals surface area contributed by atoms with Gasteiger partial charge in [0.05, 0.1) is 4.92 Å². The molecular weight excluding hydrogens is 322 g/mol. The summed E-state index contributed by atoms with van der Waals surface area (Å²) in [5, 5.41) is 10.6. The smallest absolute Gasteiger partial charge is 0.363 e. The van der Waals surface area contributed by atoms with Crippen LogP contribution in [0.5, 0.6) is 5.75 Å². The molecule has 0 unspecified atom stereocenters. The van der Waals surface area contributed by atoms with Gasteiger partial charge in [-0.05, 0) is 30.7 Å². The van der Waals surface area contributed by atoms with Gasteiger partial charge >= 0.3 is 5.97 Å². The van der Waals surface area contributed by atoms with Crippen molar-refractivity contribution in [1.82, 2.24) is 9.38 Å². The summed E-state index contributed by atoms with van der Waals surface area (Å²) in [6, 6.07) is 7.43. The minimum Gasteiger partial charge on any atom is -0.422 e. The van der Waals surface area contributed by atoms with Crippen molar-refractivity contribution in [2.75, 3.05) is 0 Å². The van der Waals surface area contributed by atoms with Gasteiger partial charge in [0.2, 0.25) is 0 Å². The third kappa shape index (κ3) is 3.00. The Bertz CT molecular complexity index is 936. The quantitative estimate of drug-likeness (QED) is 0.317. The lowest BCUT2D eigenvalue weighted by Crippen LogP contribution is -2.08. The fourth-order valence-corrected chi connectivity index (χ4v) is 2.28. The first-order valence-electron chi connectivity index (χ1n) is 6.55. The maximum absolute atomic E-state index is 12.1. The highest BCUT2D eigenvalue weighted by molar-refractivity contribution is 6.32. The third-order valence-electron chi connectivity index (χ3n) is 3.15. The SMILES string of the molecule is Cc1ccn2cc(C(=O)Oc3ccc([N+](=O)[O-])c(Cl)c3)nc2c1. The Morgan fingerprint density at radius 3 is 2.83 bits per heavy atom. The average molecular weight is 332 g/mol. The van der Waals surface area contributed by atoms with E-state index in [4.69, 9.17) is 16.3 Å². The van der Waals surface area contributed by atoms with Gasteiger partial charge in [-0.1, -0.05) is 11.6 Å². The number of pyridine rings is 1. The van der Waals surface area contributed by atoms with E-state index in [1.807, 2.05) is 19.1 Å². The van der Waals surface area contributed by atoms with Crippen LogP contribution in [0.3, 0.4) is 0 Å². The summed E-state index contributed by atoms with van der Waals surface area (Å²) < 4.78 is 6.85. The van der Waals surface area contributed by atoms with Crippen LogP contribution in [0, 0.1) is 17.0 Å². The predicted molar refractivity (Wildman–Crippen MR) is 83.0 cm³/mol. The van der Waals surface area contributed by atoms with Crippen LogP contribution >= 0.6 is 11.6 Å². The average Bonchev–Trinajstić information content (AvgIpc) is 2.90. The number of fused-ring (bicyclic) bond motifs is 1. The summed E-state index contributed by atoms with van der Waals surface area (Å²) in [7, 11) is 0. The summed E-state index contributed by atoms with van der Waals surface area (Å²) in [4.78, 5) is 26.4. The molecule has 23 heavy (non-hydrogen) atoms. The predicted octanol–water partition coefficient (Wildman–Crippen LogP) is 3.42. The molecule has 116 valence electrons. The van der Waals surface area contributed by atoms with Crippen LogP contribution in [-0.2, 0) is 0 Å². The van der Waals surface area contributed by atoms with Crippen molar-refractivity contribution < 1.29 is 14.5 Å². The molecule has 0 radical (unpaired) electrons. The standard InChI is InChI=1S/C15H10ClN3O4/c1-9-4-5-18-8-12(17-14(18)6-9)15(20)23-10-2-3-13(19(21)22)11(16)7-10/h2-8H,1H3. The fraction of sp³-hybridized carbons (Fsp3) is 0.0667. The number of aromatic nitrogens is 2. The molecule has 0 amide bonds. The Labute approximate surface area is 135 Å². The van der Waals surface area contributed by atoms with Crippen molar-refractivity contribution in [3.05, 3.63) is 69.1 Å². The van der Waals surface area contributed by atoms with Crippen LogP contribution in [-0.4, -0.2) is 20.3 Å². The second-order valence-electron chi connectivity index (χ2n) is 4.86. The number of halogens is 1. The first-order valence-corrected chi connectivity index (χ1v) is 6.93. The number of carbonyl (C=O) groups is 1. The molecule has 0 aliphatic carbocycles. The topological polar surface area (TPSA) is 86.7 Å². The second-order valence-corrected chi connectivity index (χ2v) is 5.26. The number of rotatable bonds is 3. The number of aryl methyl sites for hydroxylation is 1. The molecule has 7 nitrogen and oxygen atoms in total. The highest BCUT2D eigenvalue weighted by atomic mass is 35.5. The van der Waals surface area contributed by atoms with Crippen molar-refractivity contribution >= 4 is 28.9 Å². The zero-order chi connectivity index (χ0) is 16.6. The van der Waals surface area contributed by atoms with E-state index in [0.717, 1.165) is 5.56 Å². The van der Waals surface area contributed by atoms with E-state index in [9.17, 15) is 14.9 Å². The molecule has 0 saturated heterocycles. The third-order valence-corrected chi connectivity index (χ3v) is 3.45. The van der Waals surface area contributed by atoms with E-state index in [0.29, 0.717) is 5.65 Å². The molecule has 3 aromatic rings. The molecule has 1 aromatic carbocycles. The van der Waals surface area contributed by atoms with E-state index in [1.54, 1.807) is 16.8 Å². The van der Waals surface area contributed by atoms with Gasteiger partial charge in [-0.15, -0.1) is 0 Å². The maximum atomic E-state index is 12.1. The van der Waals surface area contributed by atoms with Crippen molar-refractivity contribution in [3.8, 4) is 5.75 Å². The number of carbonyl (C=O) groups excluding carboxylic acids is 1. The van der Waals surface area contributed by atoms with E-state index < -0.39 is 10.9 Å². The van der Waals surface area contributed by atoms with Crippen molar-refractivity contribution in [1.29, 1.82) is 0 Å². The maximum Gasteiger partial charge on any atom is 0.363 e. The number of hydrogen-bond acceptors (Lipinski definition) is 5. The van der Waals surface area contributed by atoms with E-state index >= 15 is 0 Å². The Kier molecular flexibility index (Phi) is 3.71. The molecule has 2 aromatic heterocycles. The number of ether oxygens (including phenoxy) is 1. The zero-order valence-corrected chi connectivity index (χ0v) is 12.6. The molecule has 0 aliphatic heterocycles. The normalized spacial score (nSPS) is 10.7. The number of hydrogen-bond donors (Lipinski definition) is 0. The highest BCUT2D eigenvalue weighted by Gasteiger charge is 2.17. The van der Waals surface area contributed by atoms with E-state index in [-0.39, 0.29) is 22.2 Å². The molecular formula is C15H10ClN3O4. The number of nitro groups is 1. The molecule has 0 fully saturated rings. The Hall–Kier alpha value is -2.93. The highest BCUT2D eigenvalue weighted by Crippen LogP contribution is 2.28. The molecule has 3 rings (SSSR count). The number of benzene rings is 1. The van der Waals surface area contributed by atoms with Gasteiger partial charge < -0.3 is 9.14 Å². The van der Waals surface area contributed by atoms with Crippen molar-refractivity contribution in [3.63, 3.8) is 0 Å². The summed E-state index contributed by atoms with van der Waals surface area (Å²) in [6.45, 7) is 1.92. The summed E-state index contributed by atoms with van der Waals surface area (Å²) >= 11 is 5.78. The minimum absolute atomic E-state index is 0.106. The monoisotopic (exact) mass is 331 g/mol. The van der Waals surface area contributed by atoms with Crippen LogP contribution in [0.25, 0.3) is 5.65 Å². The lowest BCUT2D eigenvalue weighted by atomic mass is 10.3. The first kappa shape index (κ1) is 15.0. The van der Waals surface area contributed by atoms with Gasteiger partial charge in [-0.25, -0.2) is 9.78 Å². The number of esters is 1. The van der Waals surface area contributed by atoms with Gasteiger partial charge in [0, 0.05) is 24.5 Å². The Morgan fingerprint density at radius 1 is 1.35 bits per heavy atom. The fourth-order valence-electron chi connectivity index (χ4n) is 2.04. The molecule has 0 aliphatic rings. The van der Waals surface area contributed by atoms with Crippen LogP contribution in [0.1, 0.15) is 16.1 Å². The number of nitro benzene ring substituents is 1. The first-order chi connectivity index (χ1) is 10.9. The van der Waals surface area contributed by atoms with E-state index in [2.05, 4.69) is 4.98 Å². The zero-order valence-electron chi connectivity index (χ0n) is 11.9. The second kappa shape index (κ2) is 5.69. The Morgan fingerprint density at radius 2 is 2.13 bits per heavy atom. The van der Waals surface area contributed by atoms with Gasteiger partial charge in [0.1, 0.15) is 16.4 Å². The number of nitrogens with zero attached hydrogens (tertiary/aromatic N) is 3. The summed E-state index contributed by atoms with van der Waals surface area (Å²) in [5.74, 6) is -0.560. The van der Waals surface area contributed by atoms with E-state index in [1.165, 1.54) is 18.2 Å². The van der Waals surface area contributed by atoms with Gasteiger partial charge in [0.15, 0.2) is 5.69 Å². The molecule has 0 spiro atoms. The molecule has 8 heteroatoms. The molecule has 0 bridgehead atoms. The summed E-state index contributed by atoms with van der Waals surface area (Å²) in [6.07, 6.45) is 3.33. The van der Waals surface area contributed by atoms with Crippen LogP contribution < -0.4 is 4.74 Å². The van der Waals surface area contributed by atoms with Gasteiger partial charge in [0.25, 0.3) is 5.69 Å². The Balaban J connectivity index is 1.85. The summed E-state index contributed by atoms with van der Waals surface area (Å²) in [5.41, 5.74) is 1.52. The van der Waals surface area contributed by atoms with Gasteiger partial charge in [-0.2, -0.15) is 0 Å². The molecule has 0 saturated carbocycles. The van der Waals surface area contributed by atoms with Crippen LogP contribution in [0.4, 0.5) is 5.69 Å². The van der Waals surface area contributed by atoms with Crippen molar-refractivity contribution in [2.45, 2.75) is 6.92 Å².